The molecule has 14 heavy (non-hydrogen) atoms. The second kappa shape index (κ2) is 3.89. The first-order valence-corrected chi connectivity index (χ1v) is 5.78. The molecule has 2 rings (SSSR count). The van der Waals surface area contributed by atoms with Gasteiger partial charge in [0.1, 0.15) is 5.75 Å². The van der Waals surface area contributed by atoms with Crippen molar-refractivity contribution in [3.8, 4) is 5.75 Å². The third kappa shape index (κ3) is 2.08. The highest BCUT2D eigenvalue weighted by molar-refractivity contribution is 9.10. The minimum Gasteiger partial charge on any atom is -0.488 e. The Kier molecular flexibility index (Phi) is 2.77. The van der Waals surface area contributed by atoms with Gasteiger partial charge in [0.2, 0.25) is 0 Å². The molecule has 0 aromatic carbocycles. The molecular weight excluding hydrogens is 242 g/mol. The zero-order chi connectivity index (χ0) is 10.1. The fraction of sp³-hybridized carbons (Fsp3) is 0.545. The number of pyridine rings is 1. The topological polar surface area (TPSA) is 22.1 Å². The Morgan fingerprint density at radius 3 is 2.71 bits per heavy atom. The summed E-state index contributed by atoms with van der Waals surface area (Å²) in [5.41, 5.74) is 1.23. The summed E-state index contributed by atoms with van der Waals surface area (Å²) in [5, 5.41) is 0. The molecule has 1 aromatic rings. The van der Waals surface area contributed by atoms with Gasteiger partial charge in [-0.1, -0.05) is 13.8 Å². The smallest absolute Gasteiger partial charge is 0.142 e. The largest absolute Gasteiger partial charge is 0.488 e. The van der Waals surface area contributed by atoms with Crippen molar-refractivity contribution >= 4 is 15.9 Å². The van der Waals surface area contributed by atoms with Crippen LogP contribution < -0.4 is 4.74 Å². The maximum absolute atomic E-state index is 5.81. The van der Waals surface area contributed by atoms with Crippen LogP contribution in [0.1, 0.15) is 38.2 Å². The third-order valence-corrected chi connectivity index (χ3v) is 2.93. The number of hydrogen-bond acceptors (Lipinski definition) is 2. The average Bonchev–Trinajstić information content (AvgIpc) is 2.87. The summed E-state index contributed by atoms with van der Waals surface area (Å²) in [4.78, 5) is 4.14. The van der Waals surface area contributed by atoms with Crippen molar-refractivity contribution in [2.45, 2.75) is 38.7 Å². The minimum absolute atomic E-state index is 0.434. The molecule has 2 nitrogen and oxygen atoms in total. The first-order valence-electron chi connectivity index (χ1n) is 4.98. The molecule has 0 unspecified atom stereocenters. The van der Waals surface area contributed by atoms with Crippen LogP contribution in [0.4, 0.5) is 0 Å². The van der Waals surface area contributed by atoms with Crippen LogP contribution >= 0.6 is 15.9 Å². The molecule has 1 heterocycles. The lowest BCUT2D eigenvalue weighted by Gasteiger charge is -2.14. The van der Waals surface area contributed by atoms with Crippen LogP contribution in [0.25, 0.3) is 0 Å². The number of hydrogen-bond donors (Lipinski definition) is 0. The Hall–Kier alpha value is -0.570. The van der Waals surface area contributed by atoms with E-state index < -0.39 is 0 Å². The van der Waals surface area contributed by atoms with Crippen molar-refractivity contribution in [2.75, 3.05) is 0 Å². The molecule has 1 aliphatic rings. The molecule has 0 radical (unpaired) electrons. The zero-order valence-corrected chi connectivity index (χ0v) is 10.0. The van der Waals surface area contributed by atoms with Crippen molar-refractivity contribution in [3.05, 3.63) is 22.4 Å². The Morgan fingerprint density at radius 1 is 1.43 bits per heavy atom. The number of ether oxygens (including phenoxy) is 1. The molecule has 1 saturated carbocycles. The van der Waals surface area contributed by atoms with Gasteiger partial charge in [-0.25, -0.2) is 0 Å². The second-order valence-corrected chi connectivity index (χ2v) is 4.86. The van der Waals surface area contributed by atoms with Gasteiger partial charge < -0.3 is 4.74 Å². The standard InChI is InChI=1S/C11H14BrNO/c1-7(2)11-9(12)5-13-6-10(11)14-8-3-4-8/h5-8H,3-4H2,1-2H3. The molecular formula is C11H14BrNO. The number of rotatable bonds is 3. The Balaban J connectivity index is 2.30. The van der Waals surface area contributed by atoms with Crippen LogP contribution in [0.3, 0.4) is 0 Å². The van der Waals surface area contributed by atoms with Gasteiger partial charge in [-0.05, 0) is 34.7 Å². The van der Waals surface area contributed by atoms with E-state index >= 15 is 0 Å². The first-order chi connectivity index (χ1) is 6.68. The molecule has 0 bridgehead atoms. The van der Waals surface area contributed by atoms with Crippen LogP contribution in [-0.4, -0.2) is 11.1 Å². The highest BCUT2D eigenvalue weighted by atomic mass is 79.9. The molecule has 1 aliphatic carbocycles. The monoisotopic (exact) mass is 255 g/mol. The van der Waals surface area contributed by atoms with Gasteiger partial charge in [0, 0.05) is 16.2 Å². The fourth-order valence-electron chi connectivity index (χ4n) is 1.45. The van der Waals surface area contributed by atoms with Crippen LogP contribution in [0.5, 0.6) is 5.75 Å². The van der Waals surface area contributed by atoms with Crippen molar-refractivity contribution in [1.29, 1.82) is 0 Å². The van der Waals surface area contributed by atoms with Crippen molar-refractivity contribution in [3.63, 3.8) is 0 Å². The van der Waals surface area contributed by atoms with Crippen LogP contribution in [0, 0.1) is 0 Å². The average molecular weight is 256 g/mol. The van der Waals surface area contributed by atoms with E-state index in [0.29, 0.717) is 12.0 Å². The van der Waals surface area contributed by atoms with Gasteiger partial charge in [0.15, 0.2) is 0 Å². The van der Waals surface area contributed by atoms with Crippen molar-refractivity contribution < 1.29 is 4.74 Å². The third-order valence-electron chi connectivity index (χ3n) is 2.30. The number of nitrogens with zero attached hydrogens (tertiary/aromatic N) is 1. The Bertz CT molecular complexity index is 334. The van der Waals surface area contributed by atoms with Gasteiger partial charge >= 0.3 is 0 Å². The van der Waals surface area contributed by atoms with E-state index in [9.17, 15) is 0 Å². The number of aromatic nitrogens is 1. The maximum Gasteiger partial charge on any atom is 0.142 e. The van der Waals surface area contributed by atoms with E-state index in [2.05, 4.69) is 34.8 Å². The van der Waals surface area contributed by atoms with Crippen LogP contribution in [-0.2, 0) is 0 Å². The van der Waals surface area contributed by atoms with Gasteiger partial charge in [0.25, 0.3) is 0 Å². The quantitative estimate of drug-likeness (QED) is 0.825. The molecule has 1 aromatic heterocycles. The number of halogens is 1. The molecule has 3 heteroatoms. The maximum atomic E-state index is 5.81. The molecule has 0 spiro atoms. The predicted octanol–water partition coefficient (Wildman–Crippen LogP) is 3.51. The van der Waals surface area contributed by atoms with E-state index in [1.165, 1.54) is 18.4 Å². The van der Waals surface area contributed by atoms with E-state index in [1.54, 1.807) is 0 Å². The summed E-state index contributed by atoms with van der Waals surface area (Å²) in [6.45, 7) is 4.33. The summed E-state index contributed by atoms with van der Waals surface area (Å²) in [6, 6.07) is 0. The first kappa shape index (κ1) is 9.97. The highest BCUT2D eigenvalue weighted by Crippen LogP contribution is 2.35. The summed E-state index contributed by atoms with van der Waals surface area (Å²) < 4.78 is 6.85. The van der Waals surface area contributed by atoms with E-state index in [4.69, 9.17) is 4.74 Å². The Labute approximate surface area is 92.8 Å². The van der Waals surface area contributed by atoms with Crippen LogP contribution in [0.15, 0.2) is 16.9 Å². The van der Waals surface area contributed by atoms with E-state index in [-0.39, 0.29) is 0 Å². The van der Waals surface area contributed by atoms with Gasteiger partial charge in [-0.2, -0.15) is 0 Å². The second-order valence-electron chi connectivity index (χ2n) is 4.01. The normalized spacial score (nSPS) is 16.0. The molecule has 0 amide bonds. The summed E-state index contributed by atoms with van der Waals surface area (Å²) in [7, 11) is 0. The molecule has 0 aliphatic heterocycles. The predicted molar refractivity (Wildman–Crippen MR) is 59.7 cm³/mol. The van der Waals surface area contributed by atoms with E-state index in [0.717, 1.165) is 10.2 Å². The van der Waals surface area contributed by atoms with Gasteiger partial charge in [-0.15, -0.1) is 0 Å². The molecule has 0 saturated heterocycles. The lowest BCUT2D eigenvalue weighted by atomic mass is 10.0. The lowest BCUT2D eigenvalue weighted by Crippen LogP contribution is -2.02. The Morgan fingerprint density at radius 2 is 2.14 bits per heavy atom. The fourth-order valence-corrected chi connectivity index (χ4v) is 2.22. The van der Waals surface area contributed by atoms with Crippen molar-refractivity contribution in [2.24, 2.45) is 0 Å². The molecule has 0 N–H and O–H groups in total. The van der Waals surface area contributed by atoms with Crippen molar-refractivity contribution in [1.82, 2.24) is 4.98 Å². The zero-order valence-electron chi connectivity index (χ0n) is 8.46. The van der Waals surface area contributed by atoms with E-state index in [1.807, 2.05) is 12.4 Å². The molecule has 76 valence electrons. The summed E-state index contributed by atoms with van der Waals surface area (Å²) in [6.07, 6.45) is 6.45. The summed E-state index contributed by atoms with van der Waals surface area (Å²) in [5.74, 6) is 1.40. The summed E-state index contributed by atoms with van der Waals surface area (Å²) >= 11 is 3.52. The molecule has 0 atom stereocenters. The van der Waals surface area contributed by atoms with Gasteiger partial charge in [0.05, 0.1) is 12.3 Å². The SMILES string of the molecule is CC(C)c1c(Br)cncc1OC1CC1. The van der Waals surface area contributed by atoms with Crippen LogP contribution in [0.2, 0.25) is 0 Å². The lowest BCUT2D eigenvalue weighted by molar-refractivity contribution is 0.297. The van der Waals surface area contributed by atoms with Gasteiger partial charge in [-0.3, -0.25) is 4.98 Å². The molecule has 1 fully saturated rings. The highest BCUT2D eigenvalue weighted by Gasteiger charge is 2.25. The minimum atomic E-state index is 0.434.